The van der Waals surface area contributed by atoms with Crippen LogP contribution in [0.1, 0.15) is 5.56 Å². The van der Waals surface area contributed by atoms with Gasteiger partial charge in [-0.3, -0.25) is 20.3 Å². The molecule has 0 aliphatic carbocycles. The molecular weight excluding hydrogens is 392 g/mol. The van der Waals surface area contributed by atoms with Crippen molar-refractivity contribution in [3.05, 3.63) is 69.2 Å². The number of carbonyl (C=O) groups excluding carboxylic acids is 1. The molecule has 11 heteroatoms. The van der Waals surface area contributed by atoms with Gasteiger partial charge in [-0.25, -0.2) is 0 Å². The molecule has 3 rings (SSSR count). The van der Waals surface area contributed by atoms with Gasteiger partial charge in [-0.2, -0.15) is 15.2 Å². The summed E-state index contributed by atoms with van der Waals surface area (Å²) in [5, 5.41) is 20.2. The summed E-state index contributed by atoms with van der Waals surface area (Å²) in [5.74, 6) is -0.614. The molecule has 27 heavy (non-hydrogen) atoms. The fourth-order valence-corrected chi connectivity index (χ4v) is 2.47. The molecule has 0 saturated heterocycles. The number of rotatable bonds is 4. The van der Waals surface area contributed by atoms with Gasteiger partial charge in [0.2, 0.25) is 0 Å². The molecule has 0 atom stereocenters. The minimum Gasteiger partial charge on any atom is -0.374 e. The number of non-ortho nitro benzene ring substituents is 1. The topological polar surface area (TPSA) is 126 Å². The number of nitro benzene ring substituents is 1. The lowest BCUT2D eigenvalue weighted by Gasteiger charge is -2.07. The van der Waals surface area contributed by atoms with E-state index in [2.05, 4.69) is 15.6 Å². The van der Waals surface area contributed by atoms with E-state index in [4.69, 9.17) is 29.6 Å². The van der Waals surface area contributed by atoms with E-state index < -0.39 is 10.8 Å². The molecule has 1 amide bonds. The van der Waals surface area contributed by atoms with Gasteiger partial charge in [0.1, 0.15) is 5.71 Å². The number of amides is 1. The van der Waals surface area contributed by atoms with E-state index in [0.717, 1.165) is 5.01 Å². The number of nitrogens with one attached hydrogen (secondary N) is 1. The van der Waals surface area contributed by atoms with E-state index >= 15 is 0 Å². The van der Waals surface area contributed by atoms with Gasteiger partial charge in [0, 0.05) is 22.7 Å². The van der Waals surface area contributed by atoms with Crippen LogP contribution in [0.4, 0.5) is 11.4 Å². The van der Waals surface area contributed by atoms with Gasteiger partial charge in [-0.05, 0) is 48.6 Å². The van der Waals surface area contributed by atoms with Crippen LogP contribution in [-0.4, -0.2) is 32.4 Å². The first-order chi connectivity index (χ1) is 12.9. The van der Waals surface area contributed by atoms with Crippen molar-refractivity contribution in [2.24, 2.45) is 15.9 Å². The first kappa shape index (κ1) is 18.4. The highest BCUT2D eigenvalue weighted by Crippen LogP contribution is 2.19. The zero-order chi connectivity index (χ0) is 19.6. The first-order valence-electron chi connectivity index (χ1n) is 7.44. The first-order valence-corrected chi connectivity index (χ1v) is 8.22. The van der Waals surface area contributed by atoms with Crippen LogP contribution in [0.5, 0.6) is 0 Å². The van der Waals surface area contributed by atoms with Gasteiger partial charge >= 0.3 is 5.91 Å². The lowest BCUT2D eigenvalue weighted by molar-refractivity contribution is -0.384. The Balaban J connectivity index is 1.96. The van der Waals surface area contributed by atoms with Gasteiger partial charge < -0.3 is 5.73 Å². The Bertz CT molecular complexity index is 988. The molecule has 2 aromatic carbocycles. The van der Waals surface area contributed by atoms with Gasteiger partial charge in [-0.15, -0.1) is 0 Å². The van der Waals surface area contributed by atoms with Gasteiger partial charge in [-0.1, -0.05) is 11.6 Å². The Kier molecular flexibility index (Phi) is 5.10. The average molecular weight is 403 g/mol. The van der Waals surface area contributed by atoms with Crippen LogP contribution in [0.3, 0.4) is 0 Å². The average Bonchev–Trinajstić information content (AvgIpc) is 2.98. The second-order valence-corrected chi connectivity index (χ2v) is 6.14. The van der Waals surface area contributed by atoms with E-state index in [1.807, 2.05) is 0 Å². The number of benzene rings is 2. The van der Waals surface area contributed by atoms with E-state index in [0.29, 0.717) is 16.3 Å². The molecule has 0 bridgehead atoms. The Morgan fingerprint density at radius 1 is 1.22 bits per heavy atom. The number of nitrogens with two attached hydrogens (primary N) is 1. The molecule has 3 N–H and O–H groups in total. The Labute approximate surface area is 163 Å². The van der Waals surface area contributed by atoms with Crippen LogP contribution in [0, 0.1) is 10.1 Å². The Morgan fingerprint density at radius 3 is 2.41 bits per heavy atom. The largest absolute Gasteiger partial charge is 0.374 e. The summed E-state index contributed by atoms with van der Waals surface area (Å²) < 4.78 is 0. The van der Waals surface area contributed by atoms with Crippen molar-refractivity contribution in [3.8, 4) is 0 Å². The fraction of sp³-hybridized carbons (Fsp3) is 0. The van der Waals surface area contributed by atoms with Crippen molar-refractivity contribution < 1.29 is 9.72 Å². The van der Waals surface area contributed by atoms with Crippen LogP contribution < -0.4 is 11.2 Å². The van der Waals surface area contributed by atoms with E-state index in [9.17, 15) is 14.9 Å². The smallest absolute Gasteiger partial charge is 0.303 e. The quantitative estimate of drug-likeness (QED) is 0.459. The van der Waals surface area contributed by atoms with Crippen molar-refractivity contribution in [2.75, 3.05) is 5.43 Å². The highest BCUT2D eigenvalue weighted by Gasteiger charge is 2.34. The molecule has 136 valence electrons. The van der Waals surface area contributed by atoms with Crippen molar-refractivity contribution in [1.82, 2.24) is 5.01 Å². The van der Waals surface area contributed by atoms with Gasteiger partial charge in [0.25, 0.3) is 5.69 Å². The molecule has 1 aliphatic heterocycles. The molecule has 0 fully saturated rings. The molecule has 0 spiro atoms. The Hall–Kier alpha value is -3.37. The van der Waals surface area contributed by atoms with Crippen molar-refractivity contribution in [3.63, 3.8) is 0 Å². The molecule has 2 aromatic rings. The number of hydrogen-bond acceptors (Lipinski definition) is 7. The SMILES string of the molecule is NC(=S)N1N=C(c2ccc([N+](=O)[O-])cc2)/C(=N/Nc2ccc(Cl)cc2)C1=O. The molecular formula is C16H11ClN6O3S. The number of carbonyl (C=O) groups is 1. The molecule has 1 heterocycles. The minimum absolute atomic E-state index is 0.0356. The summed E-state index contributed by atoms with van der Waals surface area (Å²) in [5.41, 5.74) is 9.37. The van der Waals surface area contributed by atoms with E-state index in [-0.39, 0.29) is 22.2 Å². The zero-order valence-corrected chi connectivity index (χ0v) is 15.1. The monoisotopic (exact) mass is 402 g/mol. The lowest BCUT2D eigenvalue weighted by atomic mass is 10.1. The number of thiocarbonyl (C=S) groups is 1. The minimum atomic E-state index is -0.614. The highest BCUT2D eigenvalue weighted by atomic mass is 35.5. The maximum absolute atomic E-state index is 12.5. The van der Waals surface area contributed by atoms with Crippen molar-refractivity contribution in [1.29, 1.82) is 0 Å². The number of hydrogen-bond donors (Lipinski definition) is 2. The molecule has 0 radical (unpaired) electrons. The zero-order valence-electron chi connectivity index (χ0n) is 13.5. The Morgan fingerprint density at radius 2 is 1.85 bits per heavy atom. The summed E-state index contributed by atoms with van der Waals surface area (Å²) in [6.45, 7) is 0. The summed E-state index contributed by atoms with van der Waals surface area (Å²) in [6.07, 6.45) is 0. The van der Waals surface area contributed by atoms with Crippen molar-refractivity contribution in [2.45, 2.75) is 0 Å². The summed E-state index contributed by atoms with van der Waals surface area (Å²) >= 11 is 10.7. The van der Waals surface area contributed by atoms with Crippen LogP contribution in [0.2, 0.25) is 5.02 Å². The predicted octanol–water partition coefficient (Wildman–Crippen LogP) is 2.51. The maximum Gasteiger partial charge on any atom is 0.303 e. The number of nitro groups is 1. The second-order valence-electron chi connectivity index (χ2n) is 5.29. The van der Waals surface area contributed by atoms with Crippen LogP contribution in [0.15, 0.2) is 58.7 Å². The molecule has 1 aliphatic rings. The third-order valence-corrected chi connectivity index (χ3v) is 3.95. The number of halogens is 1. The molecule has 0 saturated carbocycles. The molecule has 9 nitrogen and oxygen atoms in total. The third kappa shape index (κ3) is 3.91. The van der Waals surface area contributed by atoms with Crippen LogP contribution in [0.25, 0.3) is 0 Å². The summed E-state index contributed by atoms with van der Waals surface area (Å²) in [6, 6.07) is 12.2. The van der Waals surface area contributed by atoms with E-state index in [1.165, 1.54) is 24.3 Å². The molecule has 0 aromatic heterocycles. The fourth-order valence-electron chi connectivity index (χ4n) is 2.22. The number of nitrogens with zero attached hydrogens (tertiary/aromatic N) is 4. The number of hydrazone groups is 2. The van der Waals surface area contributed by atoms with Crippen LogP contribution >= 0.6 is 23.8 Å². The molecule has 0 unspecified atom stereocenters. The normalized spacial score (nSPS) is 15.0. The van der Waals surface area contributed by atoms with E-state index in [1.54, 1.807) is 24.3 Å². The van der Waals surface area contributed by atoms with Crippen LogP contribution in [-0.2, 0) is 4.79 Å². The van der Waals surface area contributed by atoms with Gasteiger partial charge in [0.05, 0.1) is 10.6 Å². The predicted molar refractivity (Wildman–Crippen MR) is 106 cm³/mol. The summed E-state index contributed by atoms with van der Waals surface area (Å²) in [7, 11) is 0. The second kappa shape index (κ2) is 7.48. The number of anilines is 1. The standard InChI is InChI=1S/C16H11ClN6O3S/c17-10-3-5-11(6-4-10)19-20-14-13(21-22(15(14)24)16(18)27)9-1-7-12(8-2-9)23(25)26/h1-8,19H,(H2,18,27)/b20-14-. The third-order valence-electron chi connectivity index (χ3n) is 3.52. The summed E-state index contributed by atoms with van der Waals surface area (Å²) in [4.78, 5) is 22.8. The highest BCUT2D eigenvalue weighted by molar-refractivity contribution is 7.80. The van der Waals surface area contributed by atoms with Gasteiger partial charge in [0.15, 0.2) is 10.8 Å². The lowest BCUT2D eigenvalue weighted by Crippen LogP contribution is -2.36. The van der Waals surface area contributed by atoms with Crippen molar-refractivity contribution >= 4 is 57.6 Å². The maximum atomic E-state index is 12.5.